The van der Waals surface area contributed by atoms with E-state index in [9.17, 15) is 8.78 Å². The van der Waals surface area contributed by atoms with Crippen LogP contribution in [0.15, 0.2) is 18.2 Å². The lowest BCUT2D eigenvalue weighted by Gasteiger charge is -2.38. The Morgan fingerprint density at radius 1 is 0.933 bits per heavy atom. The van der Waals surface area contributed by atoms with Gasteiger partial charge in [-0.3, -0.25) is 0 Å². The first kappa shape index (κ1) is 23.8. The number of halogens is 2. The van der Waals surface area contributed by atoms with Gasteiger partial charge in [0.2, 0.25) is 0 Å². The normalized spacial score (nSPS) is 27.6. The van der Waals surface area contributed by atoms with Gasteiger partial charge in [0.1, 0.15) is 24.8 Å². The highest BCUT2D eigenvalue weighted by molar-refractivity contribution is 6.53. The van der Waals surface area contributed by atoms with E-state index >= 15 is 0 Å². The highest BCUT2D eigenvalue weighted by atomic mass is 28.2. The van der Waals surface area contributed by atoms with Crippen molar-refractivity contribution in [2.75, 3.05) is 13.3 Å². The molecule has 0 radical (unpaired) electrons. The Balaban J connectivity index is 1.34. The molecule has 170 valence electrons. The minimum absolute atomic E-state index is 0.0000363. The molecule has 0 aromatic heterocycles. The van der Waals surface area contributed by atoms with Gasteiger partial charge in [0, 0.05) is 6.07 Å². The summed E-state index contributed by atoms with van der Waals surface area (Å²) < 4.78 is 31.7. The number of benzene rings is 1. The number of hydrogen-bond acceptors (Lipinski definition) is 1. The number of hydrogen-bond donors (Lipinski definition) is 0. The second-order valence-corrected chi connectivity index (χ2v) is 11.7. The Morgan fingerprint density at radius 3 is 2.20 bits per heavy atom. The van der Waals surface area contributed by atoms with Crippen molar-refractivity contribution < 1.29 is 13.5 Å². The summed E-state index contributed by atoms with van der Waals surface area (Å²) >= 11 is 0. The summed E-state index contributed by atoms with van der Waals surface area (Å²) in [5, 5.41) is 0.908. The maximum absolute atomic E-state index is 14.3. The Hall–Kier alpha value is -0.903. The summed E-state index contributed by atoms with van der Waals surface area (Å²) in [4.78, 5) is 0. The summed E-state index contributed by atoms with van der Waals surface area (Å²) in [6.45, 7) is 1.76. The summed E-state index contributed by atoms with van der Waals surface area (Å²) in [5.74, 6) is 4.06. The number of alkyl halides is 1. The zero-order chi connectivity index (χ0) is 21.2. The molecule has 2 fully saturated rings. The van der Waals surface area contributed by atoms with Crippen molar-refractivity contribution in [2.45, 2.75) is 90.0 Å². The fraction of sp³-hybridized carbons (Fsp3) is 0.769. The second-order valence-electron chi connectivity index (χ2n) is 9.89. The molecule has 0 heterocycles. The summed E-state index contributed by atoms with van der Waals surface area (Å²) in [5.41, 5.74) is 0. The lowest BCUT2D eigenvalue weighted by Crippen LogP contribution is -2.27. The largest absolute Gasteiger partial charge is 0.491 e. The predicted molar refractivity (Wildman–Crippen MR) is 126 cm³/mol. The number of rotatable bonds is 11. The molecule has 0 saturated heterocycles. The van der Waals surface area contributed by atoms with Gasteiger partial charge in [-0.2, -0.15) is 0 Å². The molecule has 2 aliphatic carbocycles. The third-order valence-corrected chi connectivity index (χ3v) is 10.1. The van der Waals surface area contributed by atoms with E-state index in [1.54, 1.807) is 6.07 Å². The fourth-order valence-corrected chi connectivity index (χ4v) is 7.84. The van der Waals surface area contributed by atoms with E-state index in [-0.39, 0.29) is 12.4 Å². The highest BCUT2D eigenvalue weighted by Crippen LogP contribution is 2.42. The number of ether oxygens (including phenoxy) is 1. The SMILES string of the molecule is CCCCC[C@H]1CC[C@H]([C@H]2CC[C@H](C[SiH2]c3ccc(OCCF)cc3F)CC2)CC1. The second kappa shape index (κ2) is 12.8. The van der Waals surface area contributed by atoms with Crippen LogP contribution in [0.25, 0.3) is 0 Å². The standard InChI is InChI=1S/C26H42F2OSi/c1-2-3-4-5-20-6-10-22(11-7-20)23-12-8-21(9-13-23)19-30-26-15-14-24(18-25(26)28)29-17-16-27/h14-15,18,20-23H,2-13,16-17,19,30H2,1H3/t20-,21-,22-,23-. The first-order chi connectivity index (χ1) is 14.7. The minimum Gasteiger partial charge on any atom is -0.491 e. The van der Waals surface area contributed by atoms with Crippen molar-refractivity contribution in [1.82, 2.24) is 0 Å². The molecule has 0 amide bonds. The van der Waals surface area contributed by atoms with Crippen molar-refractivity contribution in [3.63, 3.8) is 0 Å². The van der Waals surface area contributed by atoms with Gasteiger partial charge >= 0.3 is 0 Å². The molecule has 0 bridgehead atoms. The van der Waals surface area contributed by atoms with Gasteiger partial charge in [0.25, 0.3) is 0 Å². The van der Waals surface area contributed by atoms with Crippen molar-refractivity contribution in [2.24, 2.45) is 23.7 Å². The maximum atomic E-state index is 14.3. The van der Waals surface area contributed by atoms with Crippen molar-refractivity contribution >= 4 is 14.7 Å². The van der Waals surface area contributed by atoms with Crippen LogP contribution >= 0.6 is 0 Å². The van der Waals surface area contributed by atoms with Gasteiger partial charge in [-0.05, 0) is 60.6 Å². The molecule has 0 unspecified atom stereocenters. The smallest absolute Gasteiger partial charge is 0.125 e. The van der Waals surface area contributed by atoms with Crippen LogP contribution in [-0.4, -0.2) is 22.8 Å². The van der Waals surface area contributed by atoms with Crippen LogP contribution in [-0.2, 0) is 0 Å². The molecule has 1 aromatic rings. The maximum Gasteiger partial charge on any atom is 0.125 e. The Bertz CT molecular complexity index is 607. The molecule has 0 N–H and O–H groups in total. The molecule has 0 spiro atoms. The van der Waals surface area contributed by atoms with E-state index in [4.69, 9.17) is 4.74 Å². The van der Waals surface area contributed by atoms with E-state index in [0.717, 1.165) is 28.9 Å². The predicted octanol–water partition coefficient (Wildman–Crippen LogP) is 6.58. The molecule has 3 rings (SSSR count). The molecule has 0 atom stereocenters. The first-order valence-electron chi connectivity index (χ1n) is 12.7. The topological polar surface area (TPSA) is 9.23 Å². The molecule has 0 aliphatic heterocycles. The summed E-state index contributed by atoms with van der Waals surface area (Å²) in [6.07, 6.45) is 17.1. The van der Waals surface area contributed by atoms with Gasteiger partial charge in [-0.1, -0.05) is 70.4 Å². The van der Waals surface area contributed by atoms with E-state index in [1.165, 1.54) is 89.2 Å². The Morgan fingerprint density at radius 2 is 1.60 bits per heavy atom. The first-order valence-corrected chi connectivity index (χ1v) is 14.4. The van der Waals surface area contributed by atoms with Gasteiger partial charge in [-0.15, -0.1) is 0 Å². The van der Waals surface area contributed by atoms with Crippen molar-refractivity contribution in [1.29, 1.82) is 0 Å². The van der Waals surface area contributed by atoms with Crippen LogP contribution in [0.4, 0.5) is 8.78 Å². The van der Waals surface area contributed by atoms with E-state index < -0.39 is 16.2 Å². The van der Waals surface area contributed by atoms with Gasteiger partial charge in [-0.25, -0.2) is 8.78 Å². The molecular formula is C26H42F2OSi. The van der Waals surface area contributed by atoms with Gasteiger partial charge < -0.3 is 4.74 Å². The van der Waals surface area contributed by atoms with Gasteiger partial charge in [0.05, 0.1) is 9.52 Å². The molecule has 2 aliphatic rings. The van der Waals surface area contributed by atoms with Crippen LogP contribution in [0.3, 0.4) is 0 Å². The van der Waals surface area contributed by atoms with E-state index in [2.05, 4.69) is 6.92 Å². The molecular weight excluding hydrogens is 394 g/mol. The molecule has 1 aromatic carbocycles. The third-order valence-electron chi connectivity index (χ3n) is 7.86. The average molecular weight is 437 g/mol. The van der Waals surface area contributed by atoms with Crippen LogP contribution in [0, 0.1) is 29.5 Å². The molecule has 2 saturated carbocycles. The third kappa shape index (κ3) is 7.35. The van der Waals surface area contributed by atoms with Crippen LogP contribution in [0.5, 0.6) is 5.75 Å². The zero-order valence-electron chi connectivity index (χ0n) is 19.0. The molecule has 1 nitrogen and oxygen atoms in total. The lowest BCUT2D eigenvalue weighted by atomic mass is 9.69. The van der Waals surface area contributed by atoms with E-state index in [0.29, 0.717) is 5.75 Å². The molecule has 4 heteroatoms. The summed E-state index contributed by atoms with van der Waals surface area (Å²) in [6, 6.07) is 6.34. The van der Waals surface area contributed by atoms with Crippen LogP contribution in [0.2, 0.25) is 6.04 Å². The average Bonchev–Trinajstić information content (AvgIpc) is 2.78. The highest BCUT2D eigenvalue weighted by Gasteiger charge is 2.30. The van der Waals surface area contributed by atoms with E-state index in [1.807, 2.05) is 6.07 Å². The fourth-order valence-electron chi connectivity index (χ4n) is 5.92. The summed E-state index contributed by atoms with van der Waals surface area (Å²) in [7, 11) is -0.583. The van der Waals surface area contributed by atoms with Crippen LogP contribution in [0.1, 0.15) is 84.0 Å². The Kier molecular flexibility index (Phi) is 10.2. The zero-order valence-corrected chi connectivity index (χ0v) is 20.4. The monoisotopic (exact) mass is 436 g/mol. The quantitative estimate of drug-likeness (QED) is 0.281. The minimum atomic E-state index is -0.583. The molecule has 30 heavy (non-hydrogen) atoms. The number of unbranched alkanes of at least 4 members (excludes halogenated alkanes) is 2. The Labute approximate surface area is 185 Å². The van der Waals surface area contributed by atoms with Gasteiger partial charge in [0.15, 0.2) is 0 Å². The lowest BCUT2D eigenvalue weighted by molar-refractivity contribution is 0.146. The van der Waals surface area contributed by atoms with Crippen LogP contribution < -0.4 is 9.92 Å². The van der Waals surface area contributed by atoms with Crippen molar-refractivity contribution in [3.8, 4) is 5.75 Å². The van der Waals surface area contributed by atoms with Crippen molar-refractivity contribution in [3.05, 3.63) is 24.0 Å².